The molecule has 0 aliphatic carbocycles. The van der Waals surface area contributed by atoms with Gasteiger partial charge in [0.2, 0.25) is 0 Å². The van der Waals surface area contributed by atoms with Gasteiger partial charge in [-0.3, -0.25) is 0 Å². The van der Waals surface area contributed by atoms with Crippen LogP contribution in [0.15, 0.2) is 77.7 Å². The number of benzene rings is 3. The number of nitrogens with one attached hydrogen (secondary N) is 1. The van der Waals surface area contributed by atoms with Crippen molar-refractivity contribution in [3.05, 3.63) is 84.2 Å². The number of nitrogens with zero attached hydrogens (tertiary/aromatic N) is 1. The summed E-state index contributed by atoms with van der Waals surface area (Å²) in [6.45, 7) is 0.903. The van der Waals surface area contributed by atoms with Gasteiger partial charge in [0, 0.05) is 20.2 Å². The van der Waals surface area contributed by atoms with Crippen LogP contribution in [0.25, 0.3) is 0 Å². The van der Waals surface area contributed by atoms with Crippen molar-refractivity contribution in [3.63, 3.8) is 0 Å². The zero-order valence-corrected chi connectivity index (χ0v) is 19.5. The maximum Gasteiger partial charge on any atom is 0.339 e. The molecule has 0 aliphatic heterocycles. The monoisotopic (exact) mass is 488 g/mol. The van der Waals surface area contributed by atoms with E-state index in [-0.39, 0.29) is 23.2 Å². The molecule has 0 unspecified atom stereocenters. The van der Waals surface area contributed by atoms with Crippen LogP contribution in [0.5, 0.6) is 11.5 Å². The number of carbonyl (C=O) groups excluding carboxylic acids is 1. The van der Waals surface area contributed by atoms with E-state index in [9.17, 15) is 17.6 Å². The van der Waals surface area contributed by atoms with Crippen LogP contribution in [0.2, 0.25) is 0 Å². The van der Waals surface area contributed by atoms with E-state index < -0.39 is 15.9 Å². The Bertz CT molecular complexity index is 1200. The lowest BCUT2D eigenvalue weighted by molar-refractivity contribution is 0.153. The number of hydrogen-bond donors (Lipinski definition) is 1. The summed E-state index contributed by atoms with van der Waals surface area (Å²) in [5, 5.41) is 2.83. The number of rotatable bonds is 10. The van der Waals surface area contributed by atoms with Crippen LogP contribution in [0, 0.1) is 5.82 Å². The fourth-order valence-electron chi connectivity index (χ4n) is 3.04. The average molecular weight is 489 g/mol. The Balaban J connectivity index is 1.69. The lowest BCUT2D eigenvalue weighted by atomic mass is 10.2. The van der Waals surface area contributed by atoms with Gasteiger partial charge in [-0.25, -0.2) is 9.18 Å². The van der Waals surface area contributed by atoms with Crippen molar-refractivity contribution in [1.29, 1.82) is 0 Å². The van der Waals surface area contributed by atoms with Crippen molar-refractivity contribution >= 4 is 21.8 Å². The molecule has 10 heteroatoms. The molecule has 0 aromatic heterocycles. The highest BCUT2D eigenvalue weighted by atomic mass is 32.2. The van der Waals surface area contributed by atoms with Crippen LogP contribution in [-0.2, 0) is 21.4 Å². The van der Waals surface area contributed by atoms with E-state index >= 15 is 0 Å². The van der Waals surface area contributed by atoms with E-state index in [2.05, 4.69) is 5.32 Å². The summed E-state index contributed by atoms with van der Waals surface area (Å²) in [5.41, 5.74) is 1.28. The second kappa shape index (κ2) is 11.5. The molecule has 0 fully saturated rings. The molecular weight excluding hydrogens is 463 g/mol. The second-order valence-electron chi connectivity index (χ2n) is 7.18. The number of para-hydroxylation sites is 2. The zero-order valence-electron chi connectivity index (χ0n) is 18.7. The molecule has 0 atom stereocenters. The van der Waals surface area contributed by atoms with E-state index in [0.717, 1.165) is 29.8 Å². The number of ether oxygens (including phenoxy) is 2. The standard InChI is InChI=1S/C24H25FN2O6S/c1-31-16-15-27(24(28)26-22-5-3-4-6-23(22)32-2)17-18-7-11-20(12-8-18)33-34(29,30)21-13-9-19(25)10-14-21/h3-14H,15-17H2,1-2H3,(H,26,28). The highest BCUT2D eigenvalue weighted by molar-refractivity contribution is 7.87. The van der Waals surface area contributed by atoms with E-state index in [4.69, 9.17) is 13.7 Å². The summed E-state index contributed by atoms with van der Waals surface area (Å²) in [4.78, 5) is 14.3. The minimum Gasteiger partial charge on any atom is -0.495 e. The minimum absolute atomic E-state index is 0.0926. The van der Waals surface area contributed by atoms with Gasteiger partial charge in [-0.2, -0.15) is 8.42 Å². The van der Waals surface area contributed by atoms with Gasteiger partial charge in [-0.15, -0.1) is 0 Å². The molecule has 0 aliphatic rings. The van der Waals surface area contributed by atoms with Crippen molar-refractivity contribution < 1.29 is 31.3 Å². The first-order valence-electron chi connectivity index (χ1n) is 10.3. The Morgan fingerprint density at radius 2 is 1.65 bits per heavy atom. The summed E-state index contributed by atoms with van der Waals surface area (Å²) in [5.74, 6) is 0.0810. The normalized spacial score (nSPS) is 11.0. The SMILES string of the molecule is COCCN(Cc1ccc(OS(=O)(=O)c2ccc(F)cc2)cc1)C(=O)Nc1ccccc1OC. The molecule has 0 spiro atoms. The average Bonchev–Trinajstić information content (AvgIpc) is 2.83. The molecule has 1 N–H and O–H groups in total. The highest BCUT2D eigenvalue weighted by Gasteiger charge is 2.18. The number of amides is 2. The molecule has 0 heterocycles. The third-order valence-corrected chi connectivity index (χ3v) is 6.07. The maximum absolute atomic E-state index is 13.1. The topological polar surface area (TPSA) is 94.2 Å². The number of urea groups is 1. The number of halogens is 1. The molecule has 180 valence electrons. The first kappa shape index (κ1) is 25.0. The van der Waals surface area contributed by atoms with Gasteiger partial charge in [0.05, 0.1) is 19.4 Å². The van der Waals surface area contributed by atoms with Gasteiger partial charge >= 0.3 is 16.1 Å². The molecule has 0 bridgehead atoms. The highest BCUT2D eigenvalue weighted by Crippen LogP contribution is 2.24. The Kier molecular flexibility index (Phi) is 8.44. The van der Waals surface area contributed by atoms with Gasteiger partial charge in [0.25, 0.3) is 0 Å². The Labute approximate surface area is 198 Å². The fourth-order valence-corrected chi connectivity index (χ4v) is 3.97. The molecule has 2 amide bonds. The van der Waals surface area contributed by atoms with Gasteiger partial charge in [-0.05, 0) is 54.1 Å². The van der Waals surface area contributed by atoms with Crippen molar-refractivity contribution in [2.24, 2.45) is 0 Å². The summed E-state index contributed by atoms with van der Waals surface area (Å²) >= 11 is 0. The number of anilines is 1. The molecule has 0 radical (unpaired) electrons. The van der Waals surface area contributed by atoms with E-state index in [1.54, 1.807) is 48.4 Å². The minimum atomic E-state index is -4.10. The van der Waals surface area contributed by atoms with E-state index in [1.165, 1.54) is 19.2 Å². The molecule has 0 saturated heterocycles. The Hall–Kier alpha value is -3.63. The first-order valence-corrected chi connectivity index (χ1v) is 11.7. The molecule has 3 aromatic rings. The molecule has 34 heavy (non-hydrogen) atoms. The van der Waals surface area contributed by atoms with E-state index in [0.29, 0.717) is 24.6 Å². The lowest BCUT2D eigenvalue weighted by Crippen LogP contribution is -2.36. The predicted molar refractivity (Wildman–Crippen MR) is 125 cm³/mol. The third kappa shape index (κ3) is 6.69. The van der Waals surface area contributed by atoms with Crippen LogP contribution in [0.1, 0.15) is 5.56 Å². The Morgan fingerprint density at radius 1 is 0.971 bits per heavy atom. The van der Waals surface area contributed by atoms with Crippen LogP contribution in [0.3, 0.4) is 0 Å². The first-order chi connectivity index (χ1) is 16.3. The zero-order chi connectivity index (χ0) is 24.6. The van der Waals surface area contributed by atoms with Crippen molar-refractivity contribution in [2.75, 3.05) is 32.7 Å². The largest absolute Gasteiger partial charge is 0.495 e. The van der Waals surface area contributed by atoms with E-state index in [1.807, 2.05) is 0 Å². The summed E-state index contributed by atoms with van der Waals surface area (Å²) < 4.78 is 53.3. The maximum atomic E-state index is 13.1. The lowest BCUT2D eigenvalue weighted by Gasteiger charge is -2.23. The molecular formula is C24H25FN2O6S. The summed E-state index contributed by atoms with van der Waals surface area (Å²) in [7, 11) is -1.04. The van der Waals surface area contributed by atoms with Crippen LogP contribution in [-0.4, -0.2) is 46.7 Å². The quantitative estimate of drug-likeness (QED) is 0.428. The van der Waals surface area contributed by atoms with Crippen LogP contribution < -0.4 is 14.2 Å². The molecule has 0 saturated carbocycles. The van der Waals surface area contributed by atoms with Crippen molar-refractivity contribution in [2.45, 2.75) is 11.4 Å². The number of methoxy groups -OCH3 is 2. The van der Waals surface area contributed by atoms with Crippen LogP contribution in [0.4, 0.5) is 14.9 Å². The van der Waals surface area contributed by atoms with Crippen molar-refractivity contribution in [1.82, 2.24) is 4.90 Å². The molecule has 8 nitrogen and oxygen atoms in total. The molecule has 3 aromatic carbocycles. The second-order valence-corrected chi connectivity index (χ2v) is 8.73. The summed E-state index contributed by atoms with van der Waals surface area (Å²) in [6.07, 6.45) is 0. The van der Waals surface area contributed by atoms with Gasteiger partial charge in [0.1, 0.15) is 22.2 Å². The van der Waals surface area contributed by atoms with Crippen LogP contribution >= 0.6 is 0 Å². The van der Waals surface area contributed by atoms with Crippen molar-refractivity contribution in [3.8, 4) is 11.5 Å². The summed E-state index contributed by atoms with van der Waals surface area (Å²) in [6, 6.07) is 17.4. The predicted octanol–water partition coefficient (Wildman–Crippen LogP) is 4.28. The number of hydrogen-bond acceptors (Lipinski definition) is 6. The number of carbonyl (C=O) groups is 1. The smallest absolute Gasteiger partial charge is 0.339 e. The van der Waals surface area contributed by atoms with Gasteiger partial charge in [-0.1, -0.05) is 24.3 Å². The van der Waals surface area contributed by atoms with Gasteiger partial charge in [0.15, 0.2) is 0 Å². The molecule has 3 rings (SSSR count). The van der Waals surface area contributed by atoms with Gasteiger partial charge < -0.3 is 23.9 Å². The Morgan fingerprint density at radius 3 is 2.29 bits per heavy atom. The fraction of sp³-hybridized carbons (Fsp3) is 0.208. The third-order valence-electron chi connectivity index (χ3n) is 4.81.